The topological polar surface area (TPSA) is 145 Å². The first-order valence-corrected chi connectivity index (χ1v) is 5.66. The molecular formula is C6H12O8S. The summed E-state index contributed by atoms with van der Waals surface area (Å²) in [5.74, 6) is -0.977. The Hall–Kier alpha value is -0.290. The lowest BCUT2D eigenvalue weighted by atomic mass is 10.0. The molecule has 0 spiro atoms. The fourth-order valence-corrected chi connectivity index (χ4v) is 1.97. The third-order valence-corrected chi connectivity index (χ3v) is 2.81. The van der Waals surface area contributed by atoms with Crippen LogP contribution in [-0.2, 0) is 14.9 Å². The van der Waals surface area contributed by atoms with Crippen molar-refractivity contribution < 1.29 is 38.1 Å². The molecule has 9 heteroatoms. The molecule has 90 valence electrons. The summed E-state index contributed by atoms with van der Waals surface area (Å²) in [7, 11) is -4.41. The summed E-state index contributed by atoms with van der Waals surface area (Å²) >= 11 is 0. The van der Waals surface area contributed by atoms with E-state index in [9.17, 15) is 13.5 Å². The molecule has 5 atom stereocenters. The number of hydrogen-bond donors (Lipinski definition) is 5. The molecule has 0 saturated carbocycles. The minimum absolute atomic E-state index is 0.977. The molecule has 1 fully saturated rings. The SMILES string of the molecule is O=S(=O)(O)C[C@@H]1O[C@@H](O)[C@@H](O)[C@H](O)[C@@H]1O. The average Bonchev–Trinajstić information content (AvgIpc) is 2.08. The fourth-order valence-electron chi connectivity index (χ4n) is 1.28. The number of ether oxygens (including phenoxy) is 1. The van der Waals surface area contributed by atoms with Gasteiger partial charge in [-0.15, -0.1) is 0 Å². The molecule has 1 saturated heterocycles. The van der Waals surface area contributed by atoms with Crippen LogP contribution in [0.4, 0.5) is 0 Å². The summed E-state index contributed by atoms with van der Waals surface area (Å²) in [5.41, 5.74) is 0. The van der Waals surface area contributed by atoms with E-state index in [1.165, 1.54) is 0 Å². The highest BCUT2D eigenvalue weighted by Gasteiger charge is 2.44. The van der Waals surface area contributed by atoms with Crippen molar-refractivity contribution in [3.8, 4) is 0 Å². The highest BCUT2D eigenvalue weighted by molar-refractivity contribution is 7.85. The van der Waals surface area contributed by atoms with Crippen molar-refractivity contribution in [2.75, 3.05) is 5.75 Å². The van der Waals surface area contributed by atoms with Crippen LogP contribution in [-0.4, -0.2) is 69.9 Å². The van der Waals surface area contributed by atoms with Crippen LogP contribution in [0.2, 0.25) is 0 Å². The Bertz CT molecular complexity index is 313. The van der Waals surface area contributed by atoms with E-state index in [-0.39, 0.29) is 0 Å². The van der Waals surface area contributed by atoms with Gasteiger partial charge in [-0.1, -0.05) is 0 Å². The zero-order valence-corrected chi connectivity index (χ0v) is 8.28. The Kier molecular flexibility index (Phi) is 3.66. The van der Waals surface area contributed by atoms with Gasteiger partial charge in [-0.3, -0.25) is 4.55 Å². The van der Waals surface area contributed by atoms with E-state index in [2.05, 4.69) is 4.74 Å². The molecule has 0 radical (unpaired) electrons. The van der Waals surface area contributed by atoms with Crippen LogP contribution >= 0.6 is 0 Å². The molecule has 0 aromatic rings. The number of aliphatic hydroxyl groups is 4. The largest absolute Gasteiger partial charge is 0.388 e. The molecule has 1 heterocycles. The second-order valence-electron chi connectivity index (χ2n) is 3.29. The molecule has 0 unspecified atom stereocenters. The fraction of sp³-hybridized carbons (Fsp3) is 1.00. The van der Waals surface area contributed by atoms with Crippen molar-refractivity contribution >= 4 is 10.1 Å². The smallest absolute Gasteiger partial charge is 0.267 e. The summed E-state index contributed by atoms with van der Waals surface area (Å²) in [5, 5.41) is 36.5. The first kappa shape index (κ1) is 12.8. The predicted molar refractivity (Wildman–Crippen MR) is 45.3 cm³/mol. The number of rotatable bonds is 2. The first-order valence-electron chi connectivity index (χ1n) is 4.05. The molecule has 1 aliphatic heterocycles. The Morgan fingerprint density at radius 1 is 1.00 bits per heavy atom. The van der Waals surface area contributed by atoms with Crippen molar-refractivity contribution in [2.24, 2.45) is 0 Å². The highest BCUT2D eigenvalue weighted by atomic mass is 32.2. The zero-order valence-electron chi connectivity index (χ0n) is 7.46. The molecule has 0 amide bonds. The van der Waals surface area contributed by atoms with Crippen molar-refractivity contribution in [3.63, 3.8) is 0 Å². The normalized spacial score (nSPS) is 42.9. The average molecular weight is 244 g/mol. The minimum atomic E-state index is -4.41. The van der Waals surface area contributed by atoms with E-state index in [1.807, 2.05) is 0 Å². The third-order valence-electron chi connectivity index (χ3n) is 2.06. The van der Waals surface area contributed by atoms with Gasteiger partial charge in [0.25, 0.3) is 10.1 Å². The standard InChI is InChI=1S/C6H12O8S/c7-3-2(1-15(11,12)13)14-6(10)5(9)4(3)8/h2-10H,1H2,(H,11,12,13)/t2-,3+,4+,5-,6+/m0/s1. The minimum Gasteiger partial charge on any atom is -0.388 e. The molecule has 15 heavy (non-hydrogen) atoms. The first-order chi connectivity index (χ1) is 6.72. The van der Waals surface area contributed by atoms with Gasteiger partial charge < -0.3 is 25.2 Å². The lowest BCUT2D eigenvalue weighted by Gasteiger charge is -2.37. The predicted octanol–water partition coefficient (Wildman–Crippen LogP) is -3.33. The van der Waals surface area contributed by atoms with Gasteiger partial charge in [0.1, 0.15) is 30.2 Å². The van der Waals surface area contributed by atoms with Gasteiger partial charge in [0.15, 0.2) is 6.29 Å². The molecule has 0 aromatic heterocycles. The maximum absolute atomic E-state index is 10.5. The molecule has 0 aliphatic carbocycles. The van der Waals surface area contributed by atoms with Crippen LogP contribution in [0, 0.1) is 0 Å². The van der Waals surface area contributed by atoms with E-state index < -0.39 is 46.6 Å². The van der Waals surface area contributed by atoms with Crippen LogP contribution in [0.1, 0.15) is 0 Å². The Labute approximate surface area is 85.5 Å². The molecule has 5 N–H and O–H groups in total. The molecule has 0 bridgehead atoms. The Morgan fingerprint density at radius 3 is 2.00 bits per heavy atom. The maximum atomic E-state index is 10.5. The van der Waals surface area contributed by atoms with Gasteiger partial charge in [-0.05, 0) is 0 Å². The summed E-state index contributed by atoms with van der Waals surface area (Å²) in [6.07, 6.45) is -8.47. The van der Waals surface area contributed by atoms with E-state index in [0.29, 0.717) is 0 Å². The van der Waals surface area contributed by atoms with E-state index in [1.54, 1.807) is 0 Å². The molecular weight excluding hydrogens is 232 g/mol. The van der Waals surface area contributed by atoms with Crippen molar-refractivity contribution in [2.45, 2.75) is 30.7 Å². The number of aliphatic hydroxyl groups excluding tert-OH is 4. The van der Waals surface area contributed by atoms with Gasteiger partial charge in [0, 0.05) is 0 Å². The molecule has 8 nitrogen and oxygen atoms in total. The van der Waals surface area contributed by atoms with E-state index >= 15 is 0 Å². The van der Waals surface area contributed by atoms with E-state index in [4.69, 9.17) is 19.9 Å². The van der Waals surface area contributed by atoms with Gasteiger partial charge in [-0.25, -0.2) is 0 Å². The van der Waals surface area contributed by atoms with Crippen LogP contribution in [0.25, 0.3) is 0 Å². The van der Waals surface area contributed by atoms with Crippen LogP contribution in [0.15, 0.2) is 0 Å². The van der Waals surface area contributed by atoms with Gasteiger partial charge >= 0.3 is 0 Å². The molecule has 0 aromatic carbocycles. The van der Waals surface area contributed by atoms with Gasteiger partial charge in [0.2, 0.25) is 0 Å². The summed E-state index contributed by atoms with van der Waals surface area (Å²) < 4.78 is 34.0. The Balaban J connectivity index is 2.75. The quantitative estimate of drug-likeness (QED) is 0.317. The van der Waals surface area contributed by atoms with Crippen molar-refractivity contribution in [1.82, 2.24) is 0 Å². The lowest BCUT2D eigenvalue weighted by Crippen LogP contribution is -2.59. The summed E-state index contributed by atoms with van der Waals surface area (Å²) in [6.45, 7) is 0. The zero-order chi connectivity index (χ0) is 11.8. The van der Waals surface area contributed by atoms with Crippen LogP contribution < -0.4 is 0 Å². The molecule has 1 rings (SSSR count). The van der Waals surface area contributed by atoms with Crippen molar-refractivity contribution in [1.29, 1.82) is 0 Å². The summed E-state index contributed by atoms with van der Waals surface area (Å²) in [4.78, 5) is 0. The third kappa shape index (κ3) is 3.08. The Morgan fingerprint density at radius 2 is 1.53 bits per heavy atom. The lowest BCUT2D eigenvalue weighted by molar-refractivity contribution is -0.276. The van der Waals surface area contributed by atoms with Crippen LogP contribution in [0.5, 0.6) is 0 Å². The van der Waals surface area contributed by atoms with Gasteiger partial charge in [0.05, 0.1) is 0 Å². The second kappa shape index (κ2) is 4.29. The van der Waals surface area contributed by atoms with E-state index in [0.717, 1.165) is 0 Å². The van der Waals surface area contributed by atoms with Gasteiger partial charge in [-0.2, -0.15) is 8.42 Å². The molecule has 1 aliphatic rings. The second-order valence-corrected chi connectivity index (χ2v) is 4.78. The number of hydrogen-bond acceptors (Lipinski definition) is 7. The van der Waals surface area contributed by atoms with Crippen LogP contribution in [0.3, 0.4) is 0 Å². The summed E-state index contributed by atoms with van der Waals surface area (Å²) in [6, 6.07) is 0. The monoisotopic (exact) mass is 244 g/mol. The highest BCUT2D eigenvalue weighted by Crippen LogP contribution is 2.20. The van der Waals surface area contributed by atoms with Crippen molar-refractivity contribution in [3.05, 3.63) is 0 Å². The maximum Gasteiger partial charge on any atom is 0.267 e.